The smallest absolute Gasteiger partial charge is 0.123 e. The Morgan fingerprint density at radius 2 is 2.14 bits per heavy atom. The number of nitrogens with zero attached hydrogens (tertiary/aromatic N) is 3. The van der Waals surface area contributed by atoms with Gasteiger partial charge in [-0.15, -0.1) is 0 Å². The number of fused-ring (bicyclic) bond motifs is 1. The normalized spacial score (nSPS) is 15.5. The van der Waals surface area contributed by atoms with E-state index in [9.17, 15) is 0 Å². The van der Waals surface area contributed by atoms with Gasteiger partial charge in [-0.25, -0.2) is 4.52 Å². The minimum absolute atomic E-state index is 0.630. The molecule has 0 radical (unpaired) electrons. The Morgan fingerprint density at radius 1 is 1.32 bits per heavy atom. The maximum Gasteiger partial charge on any atom is 0.123 e. The van der Waals surface area contributed by atoms with Crippen molar-refractivity contribution >= 4 is 11.3 Å². The number of likely N-dealkylation sites (tertiary alicyclic amines) is 1. The first kappa shape index (κ1) is 15.1. The van der Waals surface area contributed by atoms with Gasteiger partial charge in [0.1, 0.15) is 5.76 Å². The fourth-order valence-electron chi connectivity index (χ4n) is 3.15. The first-order valence-corrected chi connectivity index (χ1v) is 8.28. The van der Waals surface area contributed by atoms with E-state index < -0.39 is 0 Å². The molecule has 0 saturated carbocycles. The highest BCUT2D eigenvalue weighted by atomic mass is 16.5. The number of ether oxygens (including phenoxy) is 1. The van der Waals surface area contributed by atoms with Crippen molar-refractivity contribution in [3.8, 4) is 0 Å². The molecule has 3 rings (SSSR count). The molecule has 0 N–H and O–H groups in total. The van der Waals surface area contributed by atoms with Gasteiger partial charge in [0.25, 0.3) is 0 Å². The van der Waals surface area contributed by atoms with Crippen molar-refractivity contribution in [3.63, 3.8) is 0 Å². The quantitative estimate of drug-likeness (QED) is 0.734. The maximum atomic E-state index is 5.49. The summed E-state index contributed by atoms with van der Waals surface area (Å²) in [7, 11) is 0. The van der Waals surface area contributed by atoms with E-state index in [0.717, 1.165) is 17.5 Å². The molecule has 3 heterocycles. The lowest BCUT2D eigenvalue weighted by molar-refractivity contribution is 0.299. The molecule has 22 heavy (non-hydrogen) atoms. The molecule has 0 aromatic carbocycles. The van der Waals surface area contributed by atoms with E-state index in [1.54, 1.807) is 0 Å². The fourth-order valence-corrected chi connectivity index (χ4v) is 3.15. The maximum absolute atomic E-state index is 5.49. The molecule has 118 valence electrons. The van der Waals surface area contributed by atoms with Crippen LogP contribution in [-0.2, 0) is 11.2 Å². The van der Waals surface area contributed by atoms with Gasteiger partial charge >= 0.3 is 0 Å². The lowest BCUT2D eigenvalue weighted by atomic mass is 10.1. The standard InChI is InChI=1S/C18H25N3O/c1-3-22-15(2)17-13-19-21-14-16(8-9-18(17)21)7-6-12-20-10-4-5-11-20/h8-9,13-14H,2-7,10-12H2,1H3. The van der Waals surface area contributed by atoms with Crippen LogP contribution in [0.3, 0.4) is 0 Å². The van der Waals surface area contributed by atoms with Gasteiger partial charge in [-0.2, -0.15) is 5.10 Å². The van der Waals surface area contributed by atoms with Crippen LogP contribution in [0.4, 0.5) is 0 Å². The van der Waals surface area contributed by atoms with Crippen LogP contribution in [0.5, 0.6) is 0 Å². The fraction of sp³-hybridized carbons (Fsp3) is 0.500. The van der Waals surface area contributed by atoms with Gasteiger partial charge in [0.15, 0.2) is 0 Å². The van der Waals surface area contributed by atoms with E-state index in [1.807, 2.05) is 17.6 Å². The van der Waals surface area contributed by atoms with Crippen molar-refractivity contribution in [2.75, 3.05) is 26.2 Å². The van der Waals surface area contributed by atoms with Gasteiger partial charge in [0.05, 0.1) is 23.9 Å². The Bertz CT molecular complexity index is 641. The SMILES string of the molecule is C=C(OCC)c1cnn2cc(CCCN3CCCC3)ccc12. The van der Waals surface area contributed by atoms with Gasteiger partial charge in [0.2, 0.25) is 0 Å². The molecule has 1 aliphatic heterocycles. The predicted octanol–water partition coefficient (Wildman–Crippen LogP) is 3.37. The Labute approximate surface area is 132 Å². The lowest BCUT2D eigenvalue weighted by Gasteiger charge is -2.14. The average Bonchev–Trinajstić information content (AvgIpc) is 3.16. The Kier molecular flexibility index (Phi) is 4.78. The summed E-state index contributed by atoms with van der Waals surface area (Å²) in [5.41, 5.74) is 3.37. The van der Waals surface area contributed by atoms with E-state index >= 15 is 0 Å². The van der Waals surface area contributed by atoms with Gasteiger partial charge in [-0.1, -0.05) is 12.6 Å². The third-order valence-electron chi connectivity index (χ3n) is 4.33. The van der Waals surface area contributed by atoms with Crippen molar-refractivity contribution in [2.45, 2.75) is 32.6 Å². The molecule has 2 aromatic heterocycles. The second-order valence-corrected chi connectivity index (χ2v) is 5.93. The Morgan fingerprint density at radius 3 is 2.91 bits per heavy atom. The van der Waals surface area contributed by atoms with E-state index in [-0.39, 0.29) is 0 Å². The van der Waals surface area contributed by atoms with E-state index in [1.165, 1.54) is 44.5 Å². The highest BCUT2D eigenvalue weighted by molar-refractivity contribution is 5.73. The van der Waals surface area contributed by atoms with Crippen LogP contribution in [0.15, 0.2) is 31.1 Å². The number of pyridine rings is 1. The third kappa shape index (κ3) is 3.33. The molecule has 0 amide bonds. The number of rotatable bonds is 7. The molecule has 0 bridgehead atoms. The summed E-state index contributed by atoms with van der Waals surface area (Å²) in [6.45, 7) is 10.3. The Balaban J connectivity index is 1.64. The van der Waals surface area contributed by atoms with Crippen LogP contribution in [0, 0.1) is 0 Å². The summed E-state index contributed by atoms with van der Waals surface area (Å²) >= 11 is 0. The van der Waals surface area contributed by atoms with Crippen molar-refractivity contribution in [1.29, 1.82) is 0 Å². The van der Waals surface area contributed by atoms with Crippen molar-refractivity contribution in [2.24, 2.45) is 0 Å². The van der Waals surface area contributed by atoms with E-state index in [0.29, 0.717) is 12.4 Å². The van der Waals surface area contributed by atoms with Crippen LogP contribution in [-0.4, -0.2) is 40.8 Å². The van der Waals surface area contributed by atoms with E-state index in [2.05, 4.69) is 34.9 Å². The second-order valence-electron chi connectivity index (χ2n) is 5.93. The molecule has 2 aromatic rings. The predicted molar refractivity (Wildman–Crippen MR) is 89.8 cm³/mol. The highest BCUT2D eigenvalue weighted by Crippen LogP contribution is 2.20. The highest BCUT2D eigenvalue weighted by Gasteiger charge is 2.11. The van der Waals surface area contributed by atoms with Crippen LogP contribution in [0.2, 0.25) is 0 Å². The first-order valence-electron chi connectivity index (χ1n) is 8.28. The second kappa shape index (κ2) is 6.97. The number of aromatic nitrogens is 2. The number of hydrogen-bond donors (Lipinski definition) is 0. The summed E-state index contributed by atoms with van der Waals surface area (Å²) in [4.78, 5) is 2.57. The van der Waals surface area contributed by atoms with Crippen LogP contribution in [0.25, 0.3) is 11.3 Å². The zero-order valence-corrected chi connectivity index (χ0v) is 13.4. The van der Waals surface area contributed by atoms with Crippen LogP contribution < -0.4 is 0 Å². The molecule has 1 aliphatic rings. The molecular weight excluding hydrogens is 274 g/mol. The van der Waals surface area contributed by atoms with Crippen LogP contribution >= 0.6 is 0 Å². The van der Waals surface area contributed by atoms with Gasteiger partial charge < -0.3 is 9.64 Å². The molecule has 1 saturated heterocycles. The molecule has 0 aliphatic carbocycles. The number of aryl methyl sites for hydroxylation is 1. The third-order valence-corrected chi connectivity index (χ3v) is 4.33. The summed E-state index contributed by atoms with van der Waals surface area (Å²) in [5.74, 6) is 0.694. The number of hydrogen-bond acceptors (Lipinski definition) is 3. The van der Waals surface area contributed by atoms with Gasteiger partial charge in [-0.3, -0.25) is 0 Å². The summed E-state index contributed by atoms with van der Waals surface area (Å²) < 4.78 is 7.43. The molecule has 4 heteroatoms. The van der Waals surface area contributed by atoms with Gasteiger partial charge in [0, 0.05) is 6.20 Å². The largest absolute Gasteiger partial charge is 0.494 e. The lowest BCUT2D eigenvalue weighted by Crippen LogP contribution is -2.20. The summed E-state index contributed by atoms with van der Waals surface area (Å²) in [5, 5.41) is 4.43. The molecule has 0 unspecified atom stereocenters. The zero-order chi connectivity index (χ0) is 15.4. The van der Waals surface area contributed by atoms with Gasteiger partial charge in [-0.05, 0) is 63.9 Å². The topological polar surface area (TPSA) is 29.8 Å². The van der Waals surface area contributed by atoms with Crippen molar-refractivity contribution in [3.05, 3.63) is 42.2 Å². The minimum atomic E-state index is 0.630. The summed E-state index contributed by atoms with van der Waals surface area (Å²) in [6, 6.07) is 4.32. The average molecular weight is 299 g/mol. The first-order chi connectivity index (χ1) is 10.8. The van der Waals surface area contributed by atoms with Crippen LogP contribution in [0.1, 0.15) is 37.3 Å². The summed E-state index contributed by atoms with van der Waals surface area (Å²) in [6.07, 6.45) is 9.01. The molecular formula is C18H25N3O. The zero-order valence-electron chi connectivity index (χ0n) is 13.4. The monoisotopic (exact) mass is 299 g/mol. The Hall–Kier alpha value is -1.81. The van der Waals surface area contributed by atoms with Crippen molar-refractivity contribution in [1.82, 2.24) is 14.5 Å². The van der Waals surface area contributed by atoms with Crippen molar-refractivity contribution < 1.29 is 4.74 Å². The minimum Gasteiger partial charge on any atom is -0.494 e. The molecule has 0 atom stereocenters. The molecule has 0 spiro atoms. The van der Waals surface area contributed by atoms with E-state index in [4.69, 9.17) is 4.74 Å². The molecule has 4 nitrogen and oxygen atoms in total. The molecule has 1 fully saturated rings.